The van der Waals surface area contributed by atoms with Gasteiger partial charge in [0, 0.05) is 27.6 Å². The molecule has 0 radical (unpaired) electrons. The highest BCUT2D eigenvalue weighted by Crippen LogP contribution is 2.38. The molecule has 0 aromatic carbocycles. The predicted molar refractivity (Wildman–Crippen MR) is 72.3 cm³/mol. The molecule has 1 heterocycles. The summed E-state index contributed by atoms with van der Waals surface area (Å²) in [4.78, 5) is 14.9. The topological polar surface area (TPSA) is 43.1 Å². The second-order valence-electron chi connectivity index (χ2n) is 5.24. The van der Waals surface area contributed by atoms with E-state index in [1.807, 2.05) is 6.92 Å². The highest BCUT2D eigenvalue weighted by atomic mass is 32.1. The molecule has 17 heavy (non-hydrogen) atoms. The van der Waals surface area contributed by atoms with Gasteiger partial charge < -0.3 is 5.73 Å². The number of carbonyl (C=O) groups excluding carboxylic acids is 1. The van der Waals surface area contributed by atoms with Crippen molar-refractivity contribution in [2.24, 2.45) is 11.1 Å². The van der Waals surface area contributed by atoms with Crippen LogP contribution in [0.5, 0.6) is 0 Å². The van der Waals surface area contributed by atoms with Crippen LogP contribution in [0.2, 0.25) is 0 Å². The molecular weight excluding hydrogens is 230 g/mol. The van der Waals surface area contributed by atoms with Crippen LogP contribution in [0.15, 0.2) is 12.1 Å². The van der Waals surface area contributed by atoms with Crippen LogP contribution in [0.4, 0.5) is 0 Å². The lowest BCUT2D eigenvalue weighted by molar-refractivity contribution is -0.127. The van der Waals surface area contributed by atoms with Gasteiger partial charge in [0.1, 0.15) is 5.78 Å². The fraction of sp³-hybridized carbons (Fsp3) is 0.643. The Bertz CT molecular complexity index is 412. The highest BCUT2D eigenvalue weighted by Gasteiger charge is 2.42. The Kier molecular flexibility index (Phi) is 3.69. The van der Waals surface area contributed by atoms with Crippen molar-refractivity contribution in [3.63, 3.8) is 0 Å². The minimum Gasteiger partial charge on any atom is -0.327 e. The summed E-state index contributed by atoms with van der Waals surface area (Å²) in [6.07, 6.45) is 4.66. The fourth-order valence-electron chi connectivity index (χ4n) is 2.61. The molecule has 0 amide bonds. The molecule has 0 bridgehead atoms. The molecule has 2 unspecified atom stereocenters. The first kappa shape index (κ1) is 12.8. The van der Waals surface area contributed by atoms with Gasteiger partial charge in [0.05, 0.1) is 0 Å². The van der Waals surface area contributed by atoms with Crippen LogP contribution in [0.1, 0.15) is 42.9 Å². The van der Waals surface area contributed by atoms with Gasteiger partial charge in [-0.1, -0.05) is 20.3 Å². The average Bonchev–Trinajstić information content (AvgIpc) is 2.88. The number of hydrogen-bond donors (Lipinski definition) is 1. The number of rotatable bonds is 4. The fourth-order valence-corrected chi connectivity index (χ4v) is 3.56. The number of nitrogens with two attached hydrogens (primary N) is 1. The minimum atomic E-state index is -0.281. The van der Waals surface area contributed by atoms with Crippen molar-refractivity contribution >= 4 is 17.1 Å². The number of ketones is 1. The van der Waals surface area contributed by atoms with Gasteiger partial charge in [0.25, 0.3) is 0 Å². The van der Waals surface area contributed by atoms with Crippen LogP contribution in [0.3, 0.4) is 0 Å². The van der Waals surface area contributed by atoms with Gasteiger partial charge >= 0.3 is 0 Å². The van der Waals surface area contributed by atoms with E-state index in [-0.39, 0.29) is 11.5 Å². The summed E-state index contributed by atoms with van der Waals surface area (Å²) in [5.41, 5.74) is 5.80. The first-order valence-electron chi connectivity index (χ1n) is 6.42. The molecule has 1 aromatic rings. The third kappa shape index (κ3) is 2.45. The van der Waals surface area contributed by atoms with Crippen LogP contribution in [-0.4, -0.2) is 11.8 Å². The smallest absolute Gasteiger partial charge is 0.145 e. The van der Waals surface area contributed by atoms with Crippen molar-refractivity contribution < 1.29 is 4.79 Å². The van der Waals surface area contributed by atoms with Gasteiger partial charge in [0.2, 0.25) is 0 Å². The molecule has 1 fully saturated rings. The third-order valence-corrected chi connectivity index (χ3v) is 5.30. The van der Waals surface area contributed by atoms with Crippen molar-refractivity contribution in [3.8, 4) is 0 Å². The van der Waals surface area contributed by atoms with Crippen molar-refractivity contribution in [3.05, 3.63) is 21.9 Å². The second-order valence-corrected chi connectivity index (χ2v) is 6.49. The zero-order valence-electron chi connectivity index (χ0n) is 10.7. The van der Waals surface area contributed by atoms with Crippen molar-refractivity contribution in [1.82, 2.24) is 0 Å². The van der Waals surface area contributed by atoms with Gasteiger partial charge in [-0.15, -0.1) is 11.3 Å². The Morgan fingerprint density at radius 1 is 1.53 bits per heavy atom. The van der Waals surface area contributed by atoms with Crippen LogP contribution >= 0.6 is 11.3 Å². The molecule has 0 spiro atoms. The van der Waals surface area contributed by atoms with Gasteiger partial charge in [-0.05, 0) is 31.4 Å². The Labute approximate surface area is 107 Å². The van der Waals surface area contributed by atoms with E-state index in [0.29, 0.717) is 12.2 Å². The lowest BCUT2D eigenvalue weighted by Gasteiger charge is -2.27. The lowest BCUT2D eigenvalue weighted by Crippen LogP contribution is -2.41. The maximum absolute atomic E-state index is 12.4. The number of thiophene rings is 1. The summed E-state index contributed by atoms with van der Waals surface area (Å²) in [5, 5.41) is 0. The molecule has 94 valence electrons. The molecule has 2 nitrogen and oxygen atoms in total. The zero-order valence-corrected chi connectivity index (χ0v) is 11.5. The monoisotopic (exact) mass is 251 g/mol. The van der Waals surface area contributed by atoms with E-state index in [0.717, 1.165) is 25.7 Å². The largest absolute Gasteiger partial charge is 0.327 e. The molecule has 0 saturated heterocycles. The molecule has 1 aromatic heterocycles. The minimum absolute atomic E-state index is 0.0561. The van der Waals surface area contributed by atoms with E-state index in [1.54, 1.807) is 11.3 Å². The Morgan fingerprint density at radius 3 is 2.76 bits per heavy atom. The van der Waals surface area contributed by atoms with Gasteiger partial charge in [-0.25, -0.2) is 0 Å². The predicted octanol–water partition coefficient (Wildman–Crippen LogP) is 2.94. The summed E-state index contributed by atoms with van der Waals surface area (Å²) in [5.74, 6) is 0.326. The first-order valence-corrected chi connectivity index (χ1v) is 7.24. The van der Waals surface area contributed by atoms with E-state index in [2.05, 4.69) is 19.1 Å². The van der Waals surface area contributed by atoms with Crippen LogP contribution in [-0.2, 0) is 17.6 Å². The maximum Gasteiger partial charge on any atom is 0.145 e. The second kappa shape index (κ2) is 4.91. The van der Waals surface area contributed by atoms with E-state index >= 15 is 0 Å². The van der Waals surface area contributed by atoms with E-state index < -0.39 is 0 Å². The van der Waals surface area contributed by atoms with Crippen LogP contribution < -0.4 is 5.73 Å². The number of Topliss-reactive ketones (excluding diaryl/α,β-unsaturated/α-hetero) is 1. The van der Waals surface area contributed by atoms with E-state index in [9.17, 15) is 4.79 Å². The van der Waals surface area contributed by atoms with Crippen molar-refractivity contribution in [1.29, 1.82) is 0 Å². The summed E-state index contributed by atoms with van der Waals surface area (Å²) in [6.45, 7) is 4.19. The van der Waals surface area contributed by atoms with Gasteiger partial charge in [-0.2, -0.15) is 0 Å². The molecular formula is C14H21NOS. The standard InChI is InChI=1S/C14H21NOS/c1-3-10-6-7-11(17-10)9-13(16)14(2)8-4-5-12(14)15/h6-7,12H,3-5,8-9,15H2,1-2H3. The normalized spacial score (nSPS) is 28.5. The summed E-state index contributed by atoms with van der Waals surface area (Å²) in [6, 6.07) is 4.27. The molecule has 2 N–H and O–H groups in total. The SMILES string of the molecule is CCc1ccc(CC(=O)C2(C)CCCC2N)s1. The van der Waals surface area contributed by atoms with E-state index in [1.165, 1.54) is 9.75 Å². The number of carbonyl (C=O) groups is 1. The maximum atomic E-state index is 12.4. The van der Waals surface area contributed by atoms with Crippen LogP contribution in [0, 0.1) is 5.41 Å². The highest BCUT2D eigenvalue weighted by molar-refractivity contribution is 7.12. The van der Waals surface area contributed by atoms with Crippen LogP contribution in [0.25, 0.3) is 0 Å². The molecule has 1 aliphatic carbocycles. The van der Waals surface area contributed by atoms with E-state index in [4.69, 9.17) is 5.73 Å². The van der Waals surface area contributed by atoms with Gasteiger partial charge in [-0.3, -0.25) is 4.79 Å². The quantitative estimate of drug-likeness (QED) is 0.894. The van der Waals surface area contributed by atoms with Crippen molar-refractivity contribution in [2.45, 2.75) is 52.0 Å². The summed E-state index contributed by atoms with van der Waals surface area (Å²) >= 11 is 1.76. The third-order valence-electron chi connectivity index (χ3n) is 4.07. The summed E-state index contributed by atoms with van der Waals surface area (Å²) in [7, 11) is 0. The Hall–Kier alpha value is -0.670. The molecule has 1 saturated carbocycles. The zero-order chi connectivity index (χ0) is 12.5. The van der Waals surface area contributed by atoms with Crippen molar-refractivity contribution in [2.75, 3.05) is 0 Å². The number of hydrogen-bond acceptors (Lipinski definition) is 3. The summed E-state index contributed by atoms with van der Waals surface area (Å²) < 4.78 is 0. The molecule has 2 rings (SSSR count). The van der Waals surface area contributed by atoms with Gasteiger partial charge in [0.15, 0.2) is 0 Å². The lowest BCUT2D eigenvalue weighted by atomic mass is 9.79. The molecule has 1 aliphatic rings. The molecule has 0 aliphatic heterocycles. The average molecular weight is 251 g/mol. The molecule has 2 atom stereocenters. The Morgan fingerprint density at radius 2 is 2.24 bits per heavy atom. The Balaban J connectivity index is 2.06. The first-order chi connectivity index (χ1) is 8.06. The molecule has 3 heteroatoms. The number of aryl methyl sites for hydroxylation is 1.